The third-order valence-electron chi connectivity index (χ3n) is 3.34. The fourth-order valence-electron chi connectivity index (χ4n) is 2.28. The van der Waals surface area contributed by atoms with E-state index in [0.29, 0.717) is 17.3 Å². The Morgan fingerprint density at radius 2 is 2.00 bits per heavy atom. The van der Waals surface area contributed by atoms with Crippen LogP contribution in [0.4, 0.5) is 10.1 Å². The normalized spacial score (nSPS) is 10.9. The molecule has 0 fully saturated rings. The second-order valence-corrected chi connectivity index (χ2v) is 4.58. The molecule has 0 aliphatic heterocycles. The van der Waals surface area contributed by atoms with E-state index in [1.54, 1.807) is 19.2 Å². The van der Waals surface area contributed by atoms with E-state index < -0.39 is 0 Å². The maximum atomic E-state index is 13.3. The van der Waals surface area contributed by atoms with Gasteiger partial charge in [0.25, 0.3) is 0 Å². The Morgan fingerprint density at radius 1 is 1.20 bits per heavy atom. The summed E-state index contributed by atoms with van der Waals surface area (Å²) in [6.45, 7) is 0. The number of hydrogen-bond acceptors (Lipinski definition) is 3. The van der Waals surface area contributed by atoms with Crippen molar-refractivity contribution in [2.45, 2.75) is 0 Å². The highest BCUT2D eigenvalue weighted by Crippen LogP contribution is 2.30. The van der Waals surface area contributed by atoms with Crippen molar-refractivity contribution in [3.63, 3.8) is 0 Å². The molecule has 20 heavy (non-hydrogen) atoms. The van der Waals surface area contributed by atoms with Gasteiger partial charge < -0.3 is 15.0 Å². The number of hydrogen-bond donors (Lipinski definition) is 1. The van der Waals surface area contributed by atoms with E-state index in [9.17, 15) is 4.39 Å². The summed E-state index contributed by atoms with van der Waals surface area (Å²) in [6, 6.07) is 9.95. The van der Waals surface area contributed by atoms with Crippen molar-refractivity contribution < 1.29 is 9.13 Å². The summed E-state index contributed by atoms with van der Waals surface area (Å²) in [5.74, 6) is 1.11. The maximum absolute atomic E-state index is 13.3. The van der Waals surface area contributed by atoms with Gasteiger partial charge in [0.15, 0.2) is 0 Å². The first kappa shape index (κ1) is 12.5. The molecule has 0 bridgehead atoms. The van der Waals surface area contributed by atoms with Crippen LogP contribution in [0.2, 0.25) is 0 Å². The third kappa shape index (κ3) is 1.87. The van der Waals surface area contributed by atoms with Crippen molar-refractivity contribution in [2.75, 3.05) is 12.8 Å². The van der Waals surface area contributed by atoms with Crippen LogP contribution in [-0.4, -0.2) is 16.7 Å². The molecule has 1 aromatic heterocycles. The van der Waals surface area contributed by atoms with Gasteiger partial charge in [-0.25, -0.2) is 9.37 Å². The minimum atomic E-state index is -0.283. The van der Waals surface area contributed by atoms with Crippen LogP contribution in [0, 0.1) is 5.82 Å². The first-order valence-corrected chi connectivity index (χ1v) is 6.16. The van der Waals surface area contributed by atoms with Gasteiger partial charge >= 0.3 is 0 Å². The van der Waals surface area contributed by atoms with Crippen LogP contribution < -0.4 is 10.5 Å². The summed E-state index contributed by atoms with van der Waals surface area (Å²) >= 11 is 0. The Bertz CT molecular complexity index is 795. The summed E-state index contributed by atoms with van der Waals surface area (Å²) in [6.07, 6.45) is 0. The molecule has 0 aliphatic carbocycles. The number of rotatable bonds is 2. The van der Waals surface area contributed by atoms with Crippen LogP contribution >= 0.6 is 0 Å². The van der Waals surface area contributed by atoms with Crippen LogP contribution in [0.5, 0.6) is 5.75 Å². The highest BCUT2D eigenvalue weighted by atomic mass is 19.1. The third-order valence-corrected chi connectivity index (χ3v) is 3.34. The monoisotopic (exact) mass is 271 g/mol. The first-order valence-electron chi connectivity index (χ1n) is 6.16. The summed E-state index contributed by atoms with van der Waals surface area (Å²) in [5.41, 5.74) is 8.88. The predicted molar refractivity (Wildman–Crippen MR) is 77.1 cm³/mol. The van der Waals surface area contributed by atoms with Crippen LogP contribution in [-0.2, 0) is 7.05 Å². The lowest BCUT2D eigenvalue weighted by atomic mass is 10.1. The Kier molecular flexibility index (Phi) is 2.82. The molecule has 5 heteroatoms. The number of halogens is 1. The van der Waals surface area contributed by atoms with Gasteiger partial charge in [-0.2, -0.15) is 0 Å². The molecular formula is C15H14FN3O. The number of aryl methyl sites for hydroxylation is 1. The second-order valence-electron chi connectivity index (χ2n) is 4.58. The minimum Gasteiger partial charge on any atom is -0.497 e. The summed E-state index contributed by atoms with van der Waals surface area (Å²) in [7, 11) is 3.43. The molecule has 0 saturated carbocycles. The number of nitrogens with zero attached hydrogens (tertiary/aromatic N) is 2. The average Bonchev–Trinajstić information content (AvgIpc) is 2.76. The van der Waals surface area contributed by atoms with Gasteiger partial charge in [-0.3, -0.25) is 0 Å². The molecular weight excluding hydrogens is 257 g/mol. The van der Waals surface area contributed by atoms with Gasteiger partial charge in [-0.05, 0) is 30.3 Å². The molecule has 0 atom stereocenters. The Labute approximate surface area is 115 Å². The zero-order valence-corrected chi connectivity index (χ0v) is 11.2. The summed E-state index contributed by atoms with van der Waals surface area (Å²) in [5, 5.41) is 0. The van der Waals surface area contributed by atoms with E-state index in [1.807, 2.05) is 23.7 Å². The van der Waals surface area contributed by atoms with Gasteiger partial charge in [-0.1, -0.05) is 0 Å². The minimum absolute atomic E-state index is 0.283. The highest BCUT2D eigenvalue weighted by Gasteiger charge is 2.13. The standard InChI is InChI=1S/C15H14FN3O/c1-19-14-7-9(16)3-6-13(14)18-15(19)11-5-4-10(20-2)8-12(11)17/h3-8H,17H2,1-2H3. The SMILES string of the molecule is COc1ccc(-c2nc3ccc(F)cc3n2C)c(N)c1. The van der Waals surface area contributed by atoms with Crippen molar-refractivity contribution in [3.8, 4) is 17.1 Å². The van der Waals surface area contributed by atoms with E-state index in [2.05, 4.69) is 4.98 Å². The smallest absolute Gasteiger partial charge is 0.142 e. The van der Waals surface area contributed by atoms with Gasteiger partial charge in [0.1, 0.15) is 17.4 Å². The van der Waals surface area contributed by atoms with Crippen LogP contribution in [0.15, 0.2) is 36.4 Å². The molecule has 0 amide bonds. The number of benzene rings is 2. The molecule has 102 valence electrons. The molecule has 0 saturated heterocycles. The lowest BCUT2D eigenvalue weighted by Gasteiger charge is -2.08. The number of imidazole rings is 1. The predicted octanol–water partition coefficient (Wildman–Crippen LogP) is 2.97. The van der Waals surface area contributed by atoms with E-state index in [0.717, 1.165) is 16.6 Å². The number of nitrogen functional groups attached to an aromatic ring is 1. The number of ether oxygens (including phenoxy) is 1. The van der Waals surface area contributed by atoms with E-state index >= 15 is 0 Å². The zero-order valence-electron chi connectivity index (χ0n) is 11.2. The molecule has 0 radical (unpaired) electrons. The maximum Gasteiger partial charge on any atom is 0.142 e. The summed E-state index contributed by atoms with van der Waals surface area (Å²) < 4.78 is 20.3. The molecule has 0 unspecified atom stereocenters. The van der Waals surface area contributed by atoms with Gasteiger partial charge in [-0.15, -0.1) is 0 Å². The lowest BCUT2D eigenvalue weighted by molar-refractivity contribution is 0.415. The molecule has 2 N–H and O–H groups in total. The molecule has 0 spiro atoms. The van der Waals surface area contributed by atoms with Crippen molar-refractivity contribution in [1.82, 2.24) is 9.55 Å². The average molecular weight is 271 g/mol. The van der Waals surface area contributed by atoms with Gasteiger partial charge in [0.2, 0.25) is 0 Å². The number of nitrogens with two attached hydrogens (primary N) is 1. The van der Waals surface area contributed by atoms with Crippen LogP contribution in [0.1, 0.15) is 0 Å². The molecule has 0 aliphatic rings. The largest absolute Gasteiger partial charge is 0.497 e. The number of fused-ring (bicyclic) bond motifs is 1. The van der Waals surface area contributed by atoms with Gasteiger partial charge in [0.05, 0.1) is 18.1 Å². The molecule has 1 heterocycles. The van der Waals surface area contributed by atoms with Crippen molar-refractivity contribution >= 4 is 16.7 Å². The molecule has 4 nitrogen and oxygen atoms in total. The first-order chi connectivity index (χ1) is 9.60. The van der Waals surface area contributed by atoms with Crippen molar-refractivity contribution in [3.05, 3.63) is 42.2 Å². The number of aromatic nitrogens is 2. The number of methoxy groups -OCH3 is 1. The quantitative estimate of drug-likeness (QED) is 0.729. The lowest BCUT2D eigenvalue weighted by Crippen LogP contribution is -1.97. The van der Waals surface area contributed by atoms with Gasteiger partial charge in [0, 0.05) is 24.4 Å². The molecule has 2 aromatic carbocycles. The van der Waals surface area contributed by atoms with Crippen molar-refractivity contribution in [1.29, 1.82) is 0 Å². The zero-order chi connectivity index (χ0) is 14.3. The summed E-state index contributed by atoms with van der Waals surface area (Å²) in [4.78, 5) is 4.52. The topological polar surface area (TPSA) is 53.1 Å². The van der Waals surface area contributed by atoms with Crippen LogP contribution in [0.25, 0.3) is 22.4 Å². The van der Waals surface area contributed by atoms with Crippen LogP contribution in [0.3, 0.4) is 0 Å². The fourth-order valence-corrected chi connectivity index (χ4v) is 2.28. The highest BCUT2D eigenvalue weighted by molar-refractivity contribution is 5.83. The molecule has 3 aromatic rings. The Morgan fingerprint density at radius 3 is 2.70 bits per heavy atom. The second kappa shape index (κ2) is 4.52. The fraction of sp³-hybridized carbons (Fsp3) is 0.133. The molecule has 3 rings (SSSR count). The van der Waals surface area contributed by atoms with E-state index in [1.165, 1.54) is 12.1 Å². The van der Waals surface area contributed by atoms with Crippen molar-refractivity contribution in [2.24, 2.45) is 7.05 Å². The van der Waals surface area contributed by atoms with E-state index in [-0.39, 0.29) is 5.82 Å². The Balaban J connectivity index is 2.22. The Hall–Kier alpha value is -2.56. The van der Waals surface area contributed by atoms with E-state index in [4.69, 9.17) is 10.5 Å². The number of anilines is 1.